The minimum Gasteiger partial charge on any atom is -0.380 e. The lowest BCUT2D eigenvalue weighted by Gasteiger charge is -2.17. The van der Waals surface area contributed by atoms with Crippen molar-refractivity contribution in [3.05, 3.63) is 5.01 Å². The van der Waals surface area contributed by atoms with E-state index >= 15 is 0 Å². The Kier molecular flexibility index (Phi) is 3.68. The minimum absolute atomic E-state index is 0.0514. The zero-order valence-corrected chi connectivity index (χ0v) is 9.92. The largest absolute Gasteiger partial charge is 0.380 e. The maximum Gasteiger partial charge on any atom is 0.284 e. The van der Waals surface area contributed by atoms with Crippen LogP contribution in [0.4, 0.5) is 5.13 Å². The number of nitrogens with one attached hydrogen (secondary N) is 1. The number of hydrogen-bond donors (Lipinski definition) is 1. The molecule has 0 aliphatic carbocycles. The summed E-state index contributed by atoms with van der Waals surface area (Å²) < 4.78 is 5.30. The molecule has 1 N–H and O–H groups in total. The van der Waals surface area contributed by atoms with Crippen molar-refractivity contribution in [3.8, 4) is 0 Å². The van der Waals surface area contributed by atoms with E-state index in [0.717, 1.165) is 19.6 Å². The monoisotopic (exact) mass is 242 g/mol. The summed E-state index contributed by atoms with van der Waals surface area (Å²) in [6.45, 7) is 2.69. The maximum absolute atomic E-state index is 12.0. The second-order valence-electron chi connectivity index (χ2n) is 3.42. The Bertz CT molecular complexity index is 360. The number of anilines is 1. The van der Waals surface area contributed by atoms with Crippen LogP contribution in [0.3, 0.4) is 0 Å². The van der Waals surface area contributed by atoms with Crippen LogP contribution < -0.4 is 5.32 Å². The molecule has 2 heterocycles. The molecule has 1 aliphatic heterocycles. The number of nitrogens with zero attached hydrogens (tertiary/aromatic N) is 3. The van der Waals surface area contributed by atoms with Crippen molar-refractivity contribution in [2.75, 3.05) is 38.7 Å². The highest BCUT2D eigenvalue weighted by Gasteiger charge is 2.21. The van der Waals surface area contributed by atoms with Crippen molar-refractivity contribution in [2.24, 2.45) is 0 Å². The van der Waals surface area contributed by atoms with E-state index in [2.05, 4.69) is 15.5 Å². The van der Waals surface area contributed by atoms with Gasteiger partial charge in [-0.1, -0.05) is 11.3 Å². The van der Waals surface area contributed by atoms with Gasteiger partial charge in [0.05, 0.1) is 6.61 Å². The molecule has 0 bridgehead atoms. The minimum atomic E-state index is -0.0514. The van der Waals surface area contributed by atoms with Crippen LogP contribution in [0.2, 0.25) is 0 Å². The molecule has 1 saturated heterocycles. The summed E-state index contributed by atoms with van der Waals surface area (Å²) in [4.78, 5) is 13.8. The average Bonchev–Trinajstić information content (AvgIpc) is 2.62. The summed E-state index contributed by atoms with van der Waals surface area (Å²) >= 11 is 1.28. The van der Waals surface area contributed by atoms with Gasteiger partial charge in [-0.3, -0.25) is 4.79 Å². The molecule has 0 unspecified atom stereocenters. The molecular formula is C9H14N4O2S. The molecular weight excluding hydrogens is 228 g/mol. The molecule has 1 aliphatic rings. The van der Waals surface area contributed by atoms with Gasteiger partial charge in [-0.2, -0.15) is 0 Å². The lowest BCUT2D eigenvalue weighted by molar-refractivity contribution is 0.0740. The Morgan fingerprint density at radius 1 is 1.44 bits per heavy atom. The number of hydrogen-bond acceptors (Lipinski definition) is 6. The second-order valence-corrected chi connectivity index (χ2v) is 4.40. The highest BCUT2D eigenvalue weighted by Crippen LogP contribution is 2.16. The SMILES string of the molecule is CNc1nnc(C(=O)N2CCCOCC2)s1. The van der Waals surface area contributed by atoms with Crippen molar-refractivity contribution in [3.63, 3.8) is 0 Å². The first-order valence-corrected chi connectivity index (χ1v) is 6.01. The van der Waals surface area contributed by atoms with Crippen molar-refractivity contribution >= 4 is 22.4 Å². The van der Waals surface area contributed by atoms with Crippen LogP contribution in [0, 0.1) is 0 Å². The maximum atomic E-state index is 12.0. The van der Waals surface area contributed by atoms with Crippen molar-refractivity contribution < 1.29 is 9.53 Å². The van der Waals surface area contributed by atoms with Crippen LogP contribution in [0.1, 0.15) is 16.2 Å². The van der Waals surface area contributed by atoms with Gasteiger partial charge in [-0.15, -0.1) is 10.2 Å². The Hall–Kier alpha value is -1.21. The Morgan fingerprint density at radius 3 is 3.06 bits per heavy atom. The summed E-state index contributed by atoms with van der Waals surface area (Å²) in [7, 11) is 1.76. The van der Waals surface area contributed by atoms with E-state index in [4.69, 9.17) is 4.74 Å². The van der Waals surface area contributed by atoms with Gasteiger partial charge in [-0.25, -0.2) is 0 Å². The van der Waals surface area contributed by atoms with Crippen LogP contribution >= 0.6 is 11.3 Å². The number of amides is 1. The van der Waals surface area contributed by atoms with Crippen LogP contribution in [0.15, 0.2) is 0 Å². The number of carbonyl (C=O) groups is 1. The average molecular weight is 242 g/mol. The van der Waals surface area contributed by atoms with E-state index in [1.807, 2.05) is 0 Å². The first-order chi connectivity index (χ1) is 7.81. The highest BCUT2D eigenvalue weighted by atomic mass is 32.1. The third kappa shape index (κ3) is 2.48. The van der Waals surface area contributed by atoms with E-state index in [0.29, 0.717) is 23.3 Å². The molecule has 0 saturated carbocycles. The van der Waals surface area contributed by atoms with Crippen LogP contribution in [0.25, 0.3) is 0 Å². The third-order valence-corrected chi connectivity index (χ3v) is 3.26. The third-order valence-electron chi connectivity index (χ3n) is 2.33. The zero-order valence-electron chi connectivity index (χ0n) is 9.10. The molecule has 1 aromatic rings. The lowest BCUT2D eigenvalue weighted by atomic mass is 10.4. The van der Waals surface area contributed by atoms with Gasteiger partial charge < -0.3 is 15.0 Å². The highest BCUT2D eigenvalue weighted by molar-refractivity contribution is 7.17. The Balaban J connectivity index is 2.05. The van der Waals surface area contributed by atoms with Gasteiger partial charge in [0.2, 0.25) is 10.1 Å². The fourth-order valence-corrected chi connectivity index (χ4v) is 2.16. The predicted molar refractivity (Wildman–Crippen MR) is 60.8 cm³/mol. The molecule has 1 aromatic heterocycles. The van der Waals surface area contributed by atoms with Crippen LogP contribution in [-0.4, -0.2) is 54.4 Å². The van der Waals surface area contributed by atoms with Gasteiger partial charge in [0.1, 0.15) is 0 Å². The fourth-order valence-electron chi connectivity index (χ4n) is 1.50. The predicted octanol–water partition coefficient (Wildman–Crippen LogP) is 0.442. The van der Waals surface area contributed by atoms with Gasteiger partial charge >= 0.3 is 0 Å². The van der Waals surface area contributed by atoms with Crippen molar-refractivity contribution in [2.45, 2.75) is 6.42 Å². The fraction of sp³-hybridized carbons (Fsp3) is 0.667. The molecule has 6 nitrogen and oxygen atoms in total. The number of rotatable bonds is 2. The molecule has 0 aromatic carbocycles. The number of carbonyl (C=O) groups excluding carboxylic acids is 1. The second kappa shape index (κ2) is 5.22. The quantitative estimate of drug-likeness (QED) is 0.815. The summed E-state index contributed by atoms with van der Waals surface area (Å²) in [5, 5.41) is 11.7. The van der Waals surface area contributed by atoms with Gasteiger partial charge in [0.15, 0.2) is 0 Å². The van der Waals surface area contributed by atoms with Crippen LogP contribution in [0.5, 0.6) is 0 Å². The summed E-state index contributed by atoms with van der Waals surface area (Å²) in [6, 6.07) is 0. The van der Waals surface area contributed by atoms with Crippen LogP contribution in [-0.2, 0) is 4.74 Å². The standard InChI is InChI=1S/C9H14N4O2S/c1-10-9-12-11-7(16-9)8(14)13-3-2-5-15-6-4-13/h2-6H2,1H3,(H,10,12). The first-order valence-electron chi connectivity index (χ1n) is 5.19. The normalized spacial score (nSPS) is 16.9. The molecule has 88 valence electrons. The first kappa shape index (κ1) is 11.3. The van der Waals surface area contributed by atoms with E-state index in [1.54, 1.807) is 11.9 Å². The van der Waals surface area contributed by atoms with Gasteiger partial charge in [-0.05, 0) is 6.42 Å². The van der Waals surface area contributed by atoms with Gasteiger partial charge in [0, 0.05) is 26.7 Å². The Labute approximate surface area is 97.6 Å². The molecule has 0 spiro atoms. The molecule has 16 heavy (non-hydrogen) atoms. The molecule has 2 rings (SSSR count). The molecule has 1 amide bonds. The number of aromatic nitrogens is 2. The smallest absolute Gasteiger partial charge is 0.284 e. The van der Waals surface area contributed by atoms with E-state index in [1.165, 1.54) is 11.3 Å². The van der Waals surface area contributed by atoms with Crippen molar-refractivity contribution in [1.82, 2.24) is 15.1 Å². The molecule has 0 atom stereocenters. The molecule has 0 radical (unpaired) electrons. The topological polar surface area (TPSA) is 67.4 Å². The van der Waals surface area contributed by atoms with E-state index in [9.17, 15) is 4.79 Å². The summed E-state index contributed by atoms with van der Waals surface area (Å²) in [5.74, 6) is -0.0514. The lowest BCUT2D eigenvalue weighted by Crippen LogP contribution is -2.33. The van der Waals surface area contributed by atoms with Crippen molar-refractivity contribution in [1.29, 1.82) is 0 Å². The van der Waals surface area contributed by atoms with E-state index in [-0.39, 0.29) is 5.91 Å². The van der Waals surface area contributed by atoms with E-state index < -0.39 is 0 Å². The van der Waals surface area contributed by atoms with Gasteiger partial charge in [0.25, 0.3) is 5.91 Å². The Morgan fingerprint density at radius 2 is 2.31 bits per heavy atom. The molecule has 1 fully saturated rings. The zero-order chi connectivity index (χ0) is 11.4. The molecule has 7 heteroatoms. The summed E-state index contributed by atoms with van der Waals surface area (Å²) in [6.07, 6.45) is 0.878. The number of ether oxygens (including phenoxy) is 1. The summed E-state index contributed by atoms with van der Waals surface area (Å²) in [5.41, 5.74) is 0.